The van der Waals surface area contributed by atoms with E-state index in [-0.39, 0.29) is 24.3 Å². The summed E-state index contributed by atoms with van der Waals surface area (Å²) < 4.78 is 5.37. The highest BCUT2D eigenvalue weighted by Gasteiger charge is 2.41. The molecule has 2 aliphatic rings. The van der Waals surface area contributed by atoms with E-state index < -0.39 is 11.9 Å². The van der Waals surface area contributed by atoms with Gasteiger partial charge in [0.25, 0.3) is 5.91 Å². The van der Waals surface area contributed by atoms with E-state index in [0.717, 1.165) is 38.9 Å². The Hall–Kier alpha value is -5.24. The molecule has 3 amide bonds. The topological polar surface area (TPSA) is 107 Å². The molecule has 2 unspecified atom stereocenters. The van der Waals surface area contributed by atoms with Crippen LogP contribution in [0.15, 0.2) is 108 Å². The van der Waals surface area contributed by atoms with Gasteiger partial charge in [-0.05, 0) is 37.1 Å². The smallest absolute Gasteiger partial charge is 0.319 e. The van der Waals surface area contributed by atoms with E-state index in [1.54, 1.807) is 31.2 Å². The molecule has 1 aliphatic heterocycles. The molecule has 8 nitrogen and oxygen atoms in total. The predicted octanol–water partition coefficient (Wildman–Crippen LogP) is 6.48. The summed E-state index contributed by atoms with van der Waals surface area (Å²) in [5, 5.41) is 18.5. The molecule has 2 atom stereocenters. The van der Waals surface area contributed by atoms with Gasteiger partial charge in [0.1, 0.15) is 11.5 Å². The molecule has 4 aromatic rings. The van der Waals surface area contributed by atoms with Crippen LogP contribution in [0.2, 0.25) is 0 Å². The van der Waals surface area contributed by atoms with Crippen LogP contribution in [0.1, 0.15) is 34.7 Å². The number of benzene rings is 3. The number of likely N-dealkylation sites (N-methyl/N-ethyl adjacent to an activating group) is 1. The largest absolute Gasteiger partial charge is 0.507 e. The number of carbonyl (C=O) groups is 2. The molecule has 8 heteroatoms. The Labute approximate surface area is 250 Å². The van der Waals surface area contributed by atoms with Gasteiger partial charge < -0.3 is 30.4 Å². The number of hydrogen-bond acceptors (Lipinski definition) is 4. The van der Waals surface area contributed by atoms with Crippen LogP contribution in [0.5, 0.6) is 5.75 Å². The van der Waals surface area contributed by atoms with Gasteiger partial charge in [-0.15, -0.1) is 0 Å². The SMILES string of the molecule is COc1ccccc1NC(=O)NCc1c(C(C2=C(O)C3=CC=CCC3N(C)C2=O)c2ccc(C)cc2)[nH]c2ccccc12. The van der Waals surface area contributed by atoms with Crippen molar-refractivity contribution in [3.05, 3.63) is 130 Å². The van der Waals surface area contributed by atoms with Crippen LogP contribution in [0.3, 0.4) is 0 Å². The number of nitrogens with zero attached hydrogens (tertiary/aromatic N) is 1. The summed E-state index contributed by atoms with van der Waals surface area (Å²) in [6, 6.07) is 22.4. The highest BCUT2D eigenvalue weighted by Crippen LogP contribution is 2.43. The average molecular weight is 575 g/mol. The number of para-hydroxylation sites is 3. The molecule has 4 N–H and O–H groups in total. The first kappa shape index (κ1) is 27.9. The van der Waals surface area contributed by atoms with Crippen molar-refractivity contribution in [2.24, 2.45) is 0 Å². The number of nitrogens with one attached hydrogen (secondary N) is 3. The number of amides is 3. The third kappa shape index (κ3) is 5.16. The molecular formula is C35H34N4O4. The Morgan fingerprint density at radius 2 is 1.84 bits per heavy atom. The maximum atomic E-state index is 14.1. The number of aliphatic hydroxyl groups excluding tert-OH is 1. The van der Waals surface area contributed by atoms with Crippen LogP contribution in [0.25, 0.3) is 10.9 Å². The van der Waals surface area contributed by atoms with Crippen molar-refractivity contribution in [1.82, 2.24) is 15.2 Å². The number of ether oxygens (including phenoxy) is 1. The van der Waals surface area contributed by atoms with Gasteiger partial charge >= 0.3 is 6.03 Å². The van der Waals surface area contributed by atoms with E-state index >= 15 is 0 Å². The van der Waals surface area contributed by atoms with Gasteiger partial charge in [0.05, 0.1) is 30.3 Å². The van der Waals surface area contributed by atoms with E-state index in [1.807, 2.05) is 85.8 Å². The Bertz CT molecular complexity index is 1800. The highest BCUT2D eigenvalue weighted by atomic mass is 16.5. The van der Waals surface area contributed by atoms with E-state index in [1.165, 1.54) is 0 Å². The molecule has 43 heavy (non-hydrogen) atoms. The lowest BCUT2D eigenvalue weighted by atomic mass is 9.79. The van der Waals surface area contributed by atoms with Gasteiger partial charge in [-0.2, -0.15) is 0 Å². The Morgan fingerprint density at radius 1 is 1.09 bits per heavy atom. The third-order valence-electron chi connectivity index (χ3n) is 8.29. The molecule has 1 aromatic heterocycles. The van der Waals surface area contributed by atoms with Crippen LogP contribution in [0.4, 0.5) is 10.5 Å². The van der Waals surface area contributed by atoms with E-state index in [4.69, 9.17) is 4.74 Å². The molecule has 0 saturated heterocycles. The Kier molecular flexibility index (Phi) is 7.50. The van der Waals surface area contributed by atoms with Crippen LogP contribution < -0.4 is 15.4 Å². The second-order valence-electron chi connectivity index (χ2n) is 10.9. The van der Waals surface area contributed by atoms with Gasteiger partial charge in [0, 0.05) is 41.3 Å². The van der Waals surface area contributed by atoms with Gasteiger partial charge in [0.2, 0.25) is 0 Å². The maximum Gasteiger partial charge on any atom is 0.319 e. The minimum Gasteiger partial charge on any atom is -0.507 e. The van der Waals surface area contributed by atoms with Crippen molar-refractivity contribution in [2.45, 2.75) is 31.8 Å². The zero-order valence-electron chi connectivity index (χ0n) is 24.3. The van der Waals surface area contributed by atoms with E-state index in [0.29, 0.717) is 23.4 Å². The molecule has 0 saturated carbocycles. The summed E-state index contributed by atoms with van der Waals surface area (Å²) in [6.07, 6.45) is 6.45. The predicted molar refractivity (Wildman–Crippen MR) is 168 cm³/mol. The van der Waals surface area contributed by atoms with Crippen molar-refractivity contribution < 1.29 is 19.4 Å². The van der Waals surface area contributed by atoms with Gasteiger partial charge in [0.15, 0.2) is 0 Å². The molecule has 0 fully saturated rings. The molecule has 6 rings (SSSR count). The minimum atomic E-state index is -0.621. The number of rotatable bonds is 7. The first-order valence-corrected chi connectivity index (χ1v) is 14.3. The van der Waals surface area contributed by atoms with E-state index in [9.17, 15) is 14.7 Å². The molecular weight excluding hydrogens is 540 g/mol. The maximum absolute atomic E-state index is 14.1. The number of H-pyrrole nitrogens is 1. The van der Waals surface area contributed by atoms with Crippen LogP contribution in [-0.4, -0.2) is 47.1 Å². The number of methoxy groups -OCH3 is 1. The van der Waals surface area contributed by atoms with Crippen LogP contribution >= 0.6 is 0 Å². The number of hydrogen-bond donors (Lipinski definition) is 4. The first-order valence-electron chi connectivity index (χ1n) is 14.3. The van der Waals surface area contributed by atoms with Crippen molar-refractivity contribution >= 4 is 28.5 Å². The lowest BCUT2D eigenvalue weighted by Gasteiger charge is -2.38. The summed E-state index contributed by atoms with van der Waals surface area (Å²) >= 11 is 0. The number of aromatic amines is 1. The van der Waals surface area contributed by atoms with Gasteiger partial charge in [-0.3, -0.25) is 4.79 Å². The molecule has 0 radical (unpaired) electrons. The number of anilines is 1. The molecule has 1 aliphatic carbocycles. The number of aliphatic hydroxyl groups is 1. The summed E-state index contributed by atoms with van der Waals surface area (Å²) in [4.78, 5) is 32.4. The normalized spacial score (nSPS) is 17.0. The monoisotopic (exact) mass is 574 g/mol. The minimum absolute atomic E-state index is 0.00880. The number of aryl methyl sites for hydroxylation is 1. The van der Waals surface area contributed by atoms with Crippen molar-refractivity contribution in [2.75, 3.05) is 19.5 Å². The fourth-order valence-corrected chi connectivity index (χ4v) is 6.05. The number of fused-ring (bicyclic) bond motifs is 2. The molecule has 0 spiro atoms. The third-order valence-corrected chi connectivity index (χ3v) is 8.29. The lowest BCUT2D eigenvalue weighted by Crippen LogP contribution is -2.45. The van der Waals surface area contributed by atoms with Crippen molar-refractivity contribution in [3.8, 4) is 5.75 Å². The fourth-order valence-electron chi connectivity index (χ4n) is 6.05. The number of urea groups is 1. The average Bonchev–Trinajstić information content (AvgIpc) is 3.39. The summed E-state index contributed by atoms with van der Waals surface area (Å²) in [5.74, 6) is -0.288. The van der Waals surface area contributed by atoms with Crippen LogP contribution in [0, 0.1) is 6.92 Å². The highest BCUT2D eigenvalue weighted by molar-refractivity contribution is 6.00. The number of carbonyl (C=O) groups excluding carboxylic acids is 2. The zero-order chi connectivity index (χ0) is 30.1. The summed E-state index contributed by atoms with van der Waals surface area (Å²) in [7, 11) is 3.34. The lowest BCUT2D eigenvalue weighted by molar-refractivity contribution is -0.128. The Balaban J connectivity index is 1.46. The first-order chi connectivity index (χ1) is 20.9. The number of aromatic nitrogens is 1. The van der Waals surface area contributed by atoms with E-state index in [2.05, 4.69) is 15.6 Å². The zero-order valence-corrected chi connectivity index (χ0v) is 24.3. The standard InChI is InChI=1S/C35H34N4O4/c1-21-16-18-22(19-17-21)30(31-33(40)24-11-5-8-14-28(24)39(2)34(31)41)32-25(23-10-4-6-12-26(23)37-32)20-36-35(42)38-27-13-7-9-15-29(27)43-3/h4-13,15-19,28,30,37,40H,14,20H2,1-3H3,(H2,36,38,42). The number of allylic oxidation sites excluding steroid dienone is 2. The molecule has 3 aromatic carbocycles. The van der Waals surface area contributed by atoms with Gasteiger partial charge in [-0.1, -0.05) is 78.4 Å². The second kappa shape index (κ2) is 11.6. The molecule has 218 valence electrons. The van der Waals surface area contributed by atoms with Crippen molar-refractivity contribution in [1.29, 1.82) is 0 Å². The van der Waals surface area contributed by atoms with Crippen LogP contribution in [-0.2, 0) is 11.3 Å². The fraction of sp³-hybridized carbons (Fsp3) is 0.200. The molecule has 0 bridgehead atoms. The summed E-state index contributed by atoms with van der Waals surface area (Å²) in [6.45, 7) is 2.19. The van der Waals surface area contributed by atoms with Crippen molar-refractivity contribution in [3.63, 3.8) is 0 Å². The summed E-state index contributed by atoms with van der Waals surface area (Å²) in [5.41, 5.74) is 5.94. The quantitative estimate of drug-likeness (QED) is 0.203. The second-order valence-corrected chi connectivity index (χ2v) is 10.9. The molecule has 2 heterocycles. The van der Waals surface area contributed by atoms with Gasteiger partial charge in [-0.25, -0.2) is 4.79 Å². The Morgan fingerprint density at radius 3 is 2.63 bits per heavy atom.